The van der Waals surface area contributed by atoms with Crippen LogP contribution in [0.2, 0.25) is 10.0 Å². The first kappa shape index (κ1) is 27.6. The smallest absolute Gasteiger partial charge is 0.416 e. The fraction of sp³-hybridized carbons (Fsp3) is 0.261. The third-order valence-electron chi connectivity index (χ3n) is 5.36. The van der Waals surface area contributed by atoms with Crippen LogP contribution in [-0.2, 0) is 12.4 Å². The van der Waals surface area contributed by atoms with Crippen molar-refractivity contribution in [2.75, 3.05) is 36.4 Å². The van der Waals surface area contributed by atoms with Gasteiger partial charge in [0.15, 0.2) is 0 Å². The van der Waals surface area contributed by atoms with Crippen LogP contribution in [0.5, 0.6) is 11.6 Å². The molecule has 2 aromatic carbocycles. The van der Waals surface area contributed by atoms with Crippen LogP contribution in [0.25, 0.3) is 0 Å². The number of nitrogens with one attached hydrogen (secondary N) is 1. The van der Waals surface area contributed by atoms with Crippen molar-refractivity contribution in [1.82, 2.24) is 14.9 Å². The van der Waals surface area contributed by atoms with Crippen LogP contribution in [0.15, 0.2) is 48.7 Å². The van der Waals surface area contributed by atoms with Crippen molar-refractivity contribution >= 4 is 40.9 Å². The van der Waals surface area contributed by atoms with E-state index in [1.54, 1.807) is 23.1 Å². The molecular weight excluding hydrogens is 563 g/mol. The number of carbonyl (C=O) groups excluding carboxylic acids is 1. The molecule has 2 heterocycles. The van der Waals surface area contributed by atoms with Crippen molar-refractivity contribution in [3.63, 3.8) is 0 Å². The monoisotopic (exact) mass is 579 g/mol. The number of anilines is 2. The van der Waals surface area contributed by atoms with Gasteiger partial charge < -0.3 is 19.9 Å². The zero-order valence-electron chi connectivity index (χ0n) is 19.1. The van der Waals surface area contributed by atoms with Gasteiger partial charge in [-0.3, -0.25) is 0 Å². The quantitative estimate of drug-likeness (QED) is 0.338. The van der Waals surface area contributed by atoms with Gasteiger partial charge in [0.2, 0.25) is 11.8 Å². The lowest BCUT2D eigenvalue weighted by atomic mass is 10.1. The zero-order chi connectivity index (χ0) is 27.7. The number of hydrogen-bond donors (Lipinski definition) is 1. The highest BCUT2D eigenvalue weighted by Gasteiger charge is 2.37. The van der Waals surface area contributed by atoms with E-state index in [0.29, 0.717) is 33.9 Å². The molecule has 3 aromatic rings. The molecule has 0 atom stereocenters. The summed E-state index contributed by atoms with van der Waals surface area (Å²) >= 11 is 11.9. The second-order valence-corrected chi connectivity index (χ2v) is 8.97. The third-order valence-corrected chi connectivity index (χ3v) is 5.80. The number of rotatable bonds is 4. The van der Waals surface area contributed by atoms with Gasteiger partial charge in [0.25, 0.3) is 0 Å². The Bertz CT molecular complexity index is 1280. The molecule has 4 rings (SSSR count). The van der Waals surface area contributed by atoms with Crippen LogP contribution in [0.1, 0.15) is 11.1 Å². The molecule has 7 nitrogen and oxygen atoms in total. The SMILES string of the molecule is O=C(Nc1cc(C(F)(F)F)cc(C(F)(F)F)c1)N1CCN(c2nccc(Oc3cc(Cl)cc(Cl)c3)n2)CC1. The summed E-state index contributed by atoms with van der Waals surface area (Å²) in [5.41, 5.74) is -3.66. The molecule has 0 bridgehead atoms. The highest BCUT2D eigenvalue weighted by atomic mass is 35.5. The summed E-state index contributed by atoms with van der Waals surface area (Å²) in [6.07, 6.45) is -8.58. The van der Waals surface area contributed by atoms with E-state index in [4.69, 9.17) is 27.9 Å². The van der Waals surface area contributed by atoms with E-state index >= 15 is 0 Å². The van der Waals surface area contributed by atoms with Crippen molar-refractivity contribution < 1.29 is 35.9 Å². The minimum absolute atomic E-state index is 0.00670. The van der Waals surface area contributed by atoms with Gasteiger partial charge in [-0.15, -0.1) is 0 Å². The minimum Gasteiger partial charge on any atom is -0.439 e. The summed E-state index contributed by atoms with van der Waals surface area (Å²) < 4.78 is 84.2. The Hall–Kier alpha value is -3.45. The van der Waals surface area contributed by atoms with E-state index in [1.165, 1.54) is 17.2 Å². The van der Waals surface area contributed by atoms with Crippen LogP contribution in [0.4, 0.5) is 42.8 Å². The molecule has 0 aliphatic carbocycles. The lowest BCUT2D eigenvalue weighted by Gasteiger charge is -2.34. The van der Waals surface area contributed by atoms with Crippen molar-refractivity contribution in [3.8, 4) is 11.6 Å². The number of halogens is 8. The van der Waals surface area contributed by atoms with E-state index in [2.05, 4.69) is 15.3 Å². The number of amides is 2. The average molecular weight is 580 g/mol. The van der Waals surface area contributed by atoms with E-state index in [-0.39, 0.29) is 38.1 Å². The molecule has 15 heteroatoms. The van der Waals surface area contributed by atoms with E-state index < -0.39 is 35.2 Å². The lowest BCUT2D eigenvalue weighted by Crippen LogP contribution is -2.50. The van der Waals surface area contributed by atoms with Crippen LogP contribution >= 0.6 is 23.2 Å². The molecule has 1 aromatic heterocycles. The number of piperazine rings is 1. The molecule has 1 N–H and O–H groups in total. The highest BCUT2D eigenvalue weighted by molar-refractivity contribution is 6.34. The molecule has 0 saturated carbocycles. The van der Waals surface area contributed by atoms with Crippen LogP contribution in [-0.4, -0.2) is 47.1 Å². The summed E-state index contributed by atoms with van der Waals surface area (Å²) in [5.74, 6) is 0.860. The highest BCUT2D eigenvalue weighted by Crippen LogP contribution is 2.37. The van der Waals surface area contributed by atoms with Gasteiger partial charge >= 0.3 is 18.4 Å². The second kappa shape index (κ2) is 10.7. The van der Waals surface area contributed by atoms with E-state index in [1.807, 2.05) is 0 Å². The Balaban J connectivity index is 1.40. The zero-order valence-corrected chi connectivity index (χ0v) is 20.6. The number of aromatic nitrogens is 2. The maximum Gasteiger partial charge on any atom is 0.416 e. The Morgan fingerprint density at radius 2 is 1.45 bits per heavy atom. The first-order valence-corrected chi connectivity index (χ1v) is 11.6. The van der Waals surface area contributed by atoms with Crippen molar-refractivity contribution in [2.45, 2.75) is 12.4 Å². The topological polar surface area (TPSA) is 70.6 Å². The number of carbonyl (C=O) groups is 1. The minimum atomic E-state index is -5.02. The fourth-order valence-corrected chi connectivity index (χ4v) is 4.09. The van der Waals surface area contributed by atoms with Crippen LogP contribution < -0.4 is 15.0 Å². The largest absolute Gasteiger partial charge is 0.439 e. The number of nitrogens with zero attached hydrogens (tertiary/aromatic N) is 4. The number of urea groups is 1. The first-order chi connectivity index (χ1) is 17.8. The van der Waals surface area contributed by atoms with Gasteiger partial charge in [-0.05, 0) is 36.4 Å². The third kappa shape index (κ3) is 6.90. The molecule has 202 valence electrons. The van der Waals surface area contributed by atoms with Crippen molar-refractivity contribution in [3.05, 3.63) is 69.8 Å². The maximum atomic E-state index is 13.1. The van der Waals surface area contributed by atoms with Gasteiger partial charge in [-0.2, -0.15) is 31.3 Å². The molecule has 0 spiro atoms. The molecule has 1 aliphatic rings. The van der Waals surface area contributed by atoms with Crippen molar-refractivity contribution in [1.29, 1.82) is 0 Å². The Kier molecular flexibility index (Phi) is 7.79. The molecular formula is C23H17Cl2F6N5O2. The summed E-state index contributed by atoms with van der Waals surface area (Å²) in [6, 6.07) is 6.22. The van der Waals surface area contributed by atoms with Gasteiger partial charge in [-0.25, -0.2) is 9.78 Å². The normalized spacial score (nSPS) is 14.4. The molecule has 2 amide bonds. The summed E-state index contributed by atoms with van der Waals surface area (Å²) in [4.78, 5) is 24.1. The van der Waals surface area contributed by atoms with Gasteiger partial charge in [0, 0.05) is 54.2 Å². The predicted molar refractivity (Wildman–Crippen MR) is 128 cm³/mol. The number of ether oxygens (including phenoxy) is 1. The molecule has 38 heavy (non-hydrogen) atoms. The Labute approximate surface area is 221 Å². The number of benzene rings is 2. The molecule has 1 saturated heterocycles. The Morgan fingerprint density at radius 1 is 0.868 bits per heavy atom. The predicted octanol–water partition coefficient (Wildman–Crippen LogP) is 6.97. The first-order valence-electron chi connectivity index (χ1n) is 10.9. The maximum absolute atomic E-state index is 13.1. The number of alkyl halides is 6. The van der Waals surface area contributed by atoms with E-state index in [0.717, 1.165) is 0 Å². The fourth-order valence-electron chi connectivity index (χ4n) is 3.59. The van der Waals surface area contributed by atoms with Gasteiger partial charge in [0.05, 0.1) is 11.1 Å². The molecule has 0 radical (unpaired) electrons. The van der Waals surface area contributed by atoms with Crippen molar-refractivity contribution in [2.24, 2.45) is 0 Å². The Morgan fingerprint density at radius 3 is 2.00 bits per heavy atom. The summed E-state index contributed by atoms with van der Waals surface area (Å²) in [7, 11) is 0. The van der Waals surface area contributed by atoms with Gasteiger partial charge in [0.1, 0.15) is 5.75 Å². The standard InChI is InChI=1S/C23H17Cl2F6N5O2/c24-15-10-16(25)12-18(11-15)38-19-1-2-32-20(34-19)35-3-5-36(6-4-35)21(37)33-17-8-13(22(26,27)28)7-14(9-17)23(29,30)31/h1-2,7-12H,3-6H2,(H,33,37). The lowest BCUT2D eigenvalue weighted by molar-refractivity contribution is -0.143. The van der Waals surface area contributed by atoms with E-state index in [9.17, 15) is 31.1 Å². The van der Waals surface area contributed by atoms with Gasteiger partial charge in [-0.1, -0.05) is 23.2 Å². The van der Waals surface area contributed by atoms with Crippen LogP contribution in [0, 0.1) is 0 Å². The molecule has 0 unspecified atom stereocenters. The van der Waals surface area contributed by atoms with Crippen LogP contribution in [0.3, 0.4) is 0 Å². The number of hydrogen-bond acceptors (Lipinski definition) is 5. The average Bonchev–Trinajstić information content (AvgIpc) is 2.82. The summed E-state index contributed by atoms with van der Waals surface area (Å²) in [6.45, 7) is 0.705. The second-order valence-electron chi connectivity index (χ2n) is 8.10. The molecule has 1 fully saturated rings. The molecule has 1 aliphatic heterocycles. The summed E-state index contributed by atoms with van der Waals surface area (Å²) in [5, 5.41) is 2.87.